The highest BCUT2D eigenvalue weighted by Crippen LogP contribution is 2.27. The number of benzene rings is 1. The lowest BCUT2D eigenvalue weighted by Crippen LogP contribution is -2.60. The van der Waals surface area contributed by atoms with Crippen molar-refractivity contribution in [3.8, 4) is 5.75 Å². The van der Waals surface area contributed by atoms with Crippen molar-refractivity contribution < 1.29 is 39.8 Å². The number of aliphatic hydroxyl groups is 4. The van der Waals surface area contributed by atoms with Crippen LogP contribution in [0.2, 0.25) is 0 Å². The molecule has 126 valence electrons. The number of carbonyl (C=O) groups is 1. The standard InChI is InChI=1S/C15H18O8/c16-7-10-12(19)13(20)14(21)15(23-10)22-9-4-2-1-3-8(9)5-6-11(17)18/h1-6,10,12-16,19-21H,7H2,(H,17,18)/t10-,12-,13+,14-,15?/m1/s1. The summed E-state index contributed by atoms with van der Waals surface area (Å²) >= 11 is 0. The molecule has 0 radical (unpaired) electrons. The number of aliphatic carboxylic acids is 1. The molecule has 0 saturated carbocycles. The van der Waals surface area contributed by atoms with E-state index in [1.54, 1.807) is 18.2 Å². The highest BCUT2D eigenvalue weighted by atomic mass is 16.7. The summed E-state index contributed by atoms with van der Waals surface area (Å²) in [6.45, 7) is -0.564. The van der Waals surface area contributed by atoms with Gasteiger partial charge in [0.2, 0.25) is 6.29 Å². The van der Waals surface area contributed by atoms with Crippen molar-refractivity contribution in [2.24, 2.45) is 0 Å². The number of carboxylic acids is 1. The van der Waals surface area contributed by atoms with Crippen molar-refractivity contribution in [2.75, 3.05) is 6.61 Å². The lowest BCUT2D eigenvalue weighted by atomic mass is 9.99. The van der Waals surface area contributed by atoms with Crippen molar-refractivity contribution >= 4 is 12.0 Å². The van der Waals surface area contributed by atoms with Crippen LogP contribution in [-0.4, -0.2) is 68.8 Å². The van der Waals surface area contributed by atoms with Gasteiger partial charge in [-0.25, -0.2) is 4.79 Å². The maximum absolute atomic E-state index is 10.6. The maximum Gasteiger partial charge on any atom is 0.328 e. The minimum absolute atomic E-state index is 0.217. The molecular formula is C15H18O8. The summed E-state index contributed by atoms with van der Waals surface area (Å²) in [6.07, 6.45) is -4.74. The van der Waals surface area contributed by atoms with E-state index in [2.05, 4.69) is 0 Å². The summed E-state index contributed by atoms with van der Waals surface area (Å²) in [7, 11) is 0. The summed E-state index contributed by atoms with van der Waals surface area (Å²) in [5.74, 6) is -0.915. The van der Waals surface area contributed by atoms with Gasteiger partial charge in [0.15, 0.2) is 0 Å². The second-order valence-corrected chi connectivity index (χ2v) is 5.02. The van der Waals surface area contributed by atoms with Crippen LogP contribution in [0, 0.1) is 0 Å². The highest BCUT2D eigenvalue weighted by Gasteiger charge is 2.44. The Morgan fingerprint density at radius 2 is 1.87 bits per heavy atom. The molecule has 2 rings (SSSR count). The number of hydrogen-bond acceptors (Lipinski definition) is 7. The first-order valence-corrected chi connectivity index (χ1v) is 6.91. The molecule has 5 N–H and O–H groups in total. The Kier molecular flexibility index (Phi) is 5.69. The van der Waals surface area contributed by atoms with Gasteiger partial charge in [0.25, 0.3) is 0 Å². The molecule has 0 aromatic heterocycles. The monoisotopic (exact) mass is 326 g/mol. The van der Waals surface area contributed by atoms with E-state index in [4.69, 9.17) is 19.7 Å². The van der Waals surface area contributed by atoms with E-state index in [0.717, 1.165) is 6.08 Å². The third kappa shape index (κ3) is 4.06. The molecular weight excluding hydrogens is 308 g/mol. The lowest BCUT2D eigenvalue weighted by Gasteiger charge is -2.39. The van der Waals surface area contributed by atoms with Crippen LogP contribution in [0.5, 0.6) is 5.75 Å². The molecule has 1 unspecified atom stereocenters. The molecule has 0 aliphatic carbocycles. The van der Waals surface area contributed by atoms with Crippen LogP contribution in [0.3, 0.4) is 0 Å². The Balaban J connectivity index is 2.19. The average molecular weight is 326 g/mol. The van der Waals surface area contributed by atoms with Crippen molar-refractivity contribution in [2.45, 2.75) is 30.7 Å². The van der Waals surface area contributed by atoms with Gasteiger partial charge in [-0.2, -0.15) is 0 Å². The largest absolute Gasteiger partial charge is 0.478 e. The summed E-state index contributed by atoms with van der Waals surface area (Å²) in [4.78, 5) is 10.6. The molecule has 1 saturated heterocycles. The quantitative estimate of drug-likeness (QED) is 0.433. The van der Waals surface area contributed by atoms with Gasteiger partial charge in [-0.15, -0.1) is 0 Å². The minimum Gasteiger partial charge on any atom is -0.478 e. The lowest BCUT2D eigenvalue weighted by molar-refractivity contribution is -0.277. The van der Waals surface area contributed by atoms with E-state index >= 15 is 0 Å². The van der Waals surface area contributed by atoms with Gasteiger partial charge >= 0.3 is 5.97 Å². The molecule has 1 aliphatic rings. The van der Waals surface area contributed by atoms with E-state index in [0.29, 0.717) is 5.56 Å². The topological polar surface area (TPSA) is 137 Å². The fourth-order valence-electron chi connectivity index (χ4n) is 2.18. The van der Waals surface area contributed by atoms with Crippen molar-refractivity contribution in [1.29, 1.82) is 0 Å². The average Bonchev–Trinajstić information content (AvgIpc) is 2.54. The predicted molar refractivity (Wildman–Crippen MR) is 77.5 cm³/mol. The number of carboxylic acid groups (broad SMARTS) is 1. The van der Waals surface area contributed by atoms with Crippen LogP contribution in [0.25, 0.3) is 6.08 Å². The molecule has 1 aromatic rings. The first kappa shape index (κ1) is 17.4. The molecule has 0 bridgehead atoms. The number of ether oxygens (including phenoxy) is 2. The Morgan fingerprint density at radius 1 is 1.17 bits per heavy atom. The van der Waals surface area contributed by atoms with Gasteiger partial charge in [0.1, 0.15) is 30.2 Å². The molecule has 1 aromatic carbocycles. The van der Waals surface area contributed by atoms with Crippen LogP contribution in [0.1, 0.15) is 5.56 Å². The summed E-state index contributed by atoms with van der Waals surface area (Å²) in [6, 6.07) is 6.43. The van der Waals surface area contributed by atoms with Crippen LogP contribution in [-0.2, 0) is 9.53 Å². The summed E-state index contributed by atoms with van der Waals surface area (Å²) < 4.78 is 10.7. The smallest absolute Gasteiger partial charge is 0.328 e. The van der Waals surface area contributed by atoms with Gasteiger partial charge in [0, 0.05) is 11.6 Å². The second kappa shape index (κ2) is 7.53. The minimum atomic E-state index is -1.55. The molecule has 5 atom stereocenters. The van der Waals surface area contributed by atoms with Crippen LogP contribution in [0.15, 0.2) is 30.3 Å². The van der Waals surface area contributed by atoms with Crippen LogP contribution < -0.4 is 4.74 Å². The fraction of sp³-hybridized carbons (Fsp3) is 0.400. The van der Waals surface area contributed by atoms with Gasteiger partial charge in [-0.3, -0.25) is 0 Å². The Hall–Kier alpha value is -1.97. The zero-order valence-corrected chi connectivity index (χ0v) is 12.0. The van der Waals surface area contributed by atoms with E-state index < -0.39 is 43.3 Å². The zero-order valence-electron chi connectivity index (χ0n) is 12.0. The summed E-state index contributed by atoms with van der Waals surface area (Å²) in [5.41, 5.74) is 0.423. The van der Waals surface area contributed by atoms with Crippen molar-refractivity contribution in [3.05, 3.63) is 35.9 Å². The normalized spacial score (nSPS) is 31.2. The molecule has 0 amide bonds. The predicted octanol–water partition coefficient (Wildman–Crippen LogP) is -1.04. The van der Waals surface area contributed by atoms with Crippen molar-refractivity contribution in [3.63, 3.8) is 0 Å². The Labute approximate surface area is 131 Å². The van der Waals surface area contributed by atoms with Crippen molar-refractivity contribution in [1.82, 2.24) is 0 Å². The van der Waals surface area contributed by atoms with Gasteiger partial charge in [-0.05, 0) is 12.1 Å². The van der Waals surface area contributed by atoms with E-state index in [9.17, 15) is 20.1 Å². The number of hydrogen-bond donors (Lipinski definition) is 5. The van der Waals surface area contributed by atoms with E-state index in [1.165, 1.54) is 12.1 Å². The zero-order chi connectivity index (χ0) is 17.0. The Morgan fingerprint density at radius 3 is 2.52 bits per heavy atom. The molecule has 1 fully saturated rings. The molecule has 8 nitrogen and oxygen atoms in total. The second-order valence-electron chi connectivity index (χ2n) is 5.02. The van der Waals surface area contributed by atoms with E-state index in [1.807, 2.05) is 0 Å². The summed E-state index contributed by atoms with van der Waals surface area (Å²) in [5, 5.41) is 47.2. The molecule has 1 heterocycles. The number of aliphatic hydroxyl groups excluding tert-OH is 4. The SMILES string of the molecule is O=C(O)C=Cc1ccccc1OC1O[C@H](CO)[C@@H](O)[C@H](O)[C@H]1O. The van der Waals surface area contributed by atoms with Gasteiger partial charge in [-0.1, -0.05) is 18.2 Å². The van der Waals surface area contributed by atoms with Crippen LogP contribution in [0.4, 0.5) is 0 Å². The Bertz CT molecular complexity index is 570. The highest BCUT2D eigenvalue weighted by molar-refractivity contribution is 5.85. The van der Waals surface area contributed by atoms with Gasteiger partial charge in [0.05, 0.1) is 6.61 Å². The van der Waals surface area contributed by atoms with E-state index in [-0.39, 0.29) is 5.75 Å². The number of para-hydroxylation sites is 1. The maximum atomic E-state index is 10.6. The molecule has 8 heteroatoms. The fourth-order valence-corrected chi connectivity index (χ4v) is 2.18. The molecule has 1 aliphatic heterocycles. The molecule has 23 heavy (non-hydrogen) atoms. The third-order valence-corrected chi connectivity index (χ3v) is 3.42. The number of rotatable bonds is 5. The first-order valence-electron chi connectivity index (χ1n) is 6.91. The van der Waals surface area contributed by atoms with Gasteiger partial charge < -0.3 is 35.0 Å². The van der Waals surface area contributed by atoms with Crippen LogP contribution >= 0.6 is 0 Å². The third-order valence-electron chi connectivity index (χ3n) is 3.42. The first-order chi connectivity index (χ1) is 10.9. The molecule has 0 spiro atoms.